The smallest absolute Gasteiger partial charge is 0.433 e. The van der Waals surface area contributed by atoms with Gasteiger partial charge in [-0.05, 0) is 33.8 Å². The van der Waals surface area contributed by atoms with E-state index in [1.807, 2.05) is 0 Å². The van der Waals surface area contributed by atoms with E-state index in [0.29, 0.717) is 5.01 Å². The first-order valence-electron chi connectivity index (χ1n) is 6.28. The third kappa shape index (κ3) is 3.84. The summed E-state index contributed by atoms with van der Waals surface area (Å²) in [6.45, 7) is 6.54. The van der Waals surface area contributed by atoms with Crippen LogP contribution in [0.2, 0.25) is 0 Å². The second kappa shape index (κ2) is 6.58. The second-order valence-corrected chi connectivity index (χ2v) is 4.80. The minimum atomic E-state index is -1.63. The largest absolute Gasteiger partial charge is 0.445 e. The van der Waals surface area contributed by atoms with Crippen molar-refractivity contribution in [2.45, 2.75) is 52.2 Å². The zero-order valence-corrected chi connectivity index (χ0v) is 11.9. The number of rotatable bonds is 2. The van der Waals surface area contributed by atoms with Gasteiger partial charge < -0.3 is 19.7 Å². The van der Waals surface area contributed by atoms with Crippen molar-refractivity contribution in [1.29, 1.82) is 0 Å². The fraction of sp³-hybridized carbons (Fsp3) is 0.667. The molecule has 0 aromatic carbocycles. The maximum atomic E-state index is 11.9. The summed E-state index contributed by atoms with van der Waals surface area (Å²) in [5.41, 5.74) is 0. The Morgan fingerprint density at radius 3 is 2.05 bits per heavy atom. The number of hydrogen-bond acceptors (Lipinski definition) is 6. The summed E-state index contributed by atoms with van der Waals surface area (Å²) >= 11 is 0. The molecule has 0 saturated heterocycles. The van der Waals surface area contributed by atoms with Crippen LogP contribution in [0, 0.1) is 0 Å². The highest BCUT2D eigenvalue weighted by Crippen LogP contribution is 2.18. The quantitative estimate of drug-likeness (QED) is 0.779. The lowest BCUT2D eigenvalue weighted by Crippen LogP contribution is -2.58. The van der Waals surface area contributed by atoms with Crippen LogP contribution in [-0.2, 0) is 9.47 Å². The number of nitrogens with zero attached hydrogens (tertiary/aromatic N) is 2. The van der Waals surface area contributed by atoms with Crippen molar-refractivity contribution in [2.24, 2.45) is 0 Å². The van der Waals surface area contributed by atoms with E-state index in [2.05, 4.69) is 0 Å². The summed E-state index contributed by atoms with van der Waals surface area (Å²) in [6, 6.07) is 0. The van der Waals surface area contributed by atoms with Crippen molar-refractivity contribution >= 4 is 12.2 Å². The Kier molecular flexibility index (Phi) is 5.34. The number of hydrogen-bond donors (Lipinski definition) is 2. The Morgan fingerprint density at radius 2 is 1.55 bits per heavy atom. The lowest BCUT2D eigenvalue weighted by molar-refractivity contribution is -0.139. The molecule has 2 amide bonds. The summed E-state index contributed by atoms with van der Waals surface area (Å²) in [6.07, 6.45) is -3.30. The molecule has 1 aliphatic heterocycles. The van der Waals surface area contributed by atoms with E-state index < -0.39 is 36.7 Å². The number of aliphatic hydroxyl groups is 2. The van der Waals surface area contributed by atoms with Crippen LogP contribution >= 0.6 is 0 Å². The molecule has 1 aliphatic rings. The first-order valence-corrected chi connectivity index (χ1v) is 6.28. The van der Waals surface area contributed by atoms with Gasteiger partial charge in [-0.2, -0.15) is 10.0 Å². The van der Waals surface area contributed by atoms with E-state index in [0.717, 1.165) is 11.2 Å². The van der Waals surface area contributed by atoms with Gasteiger partial charge in [-0.3, -0.25) is 0 Å². The molecule has 0 aliphatic carbocycles. The van der Waals surface area contributed by atoms with Gasteiger partial charge in [-0.15, -0.1) is 0 Å². The molecule has 0 fully saturated rings. The zero-order chi connectivity index (χ0) is 15.4. The highest BCUT2D eigenvalue weighted by Gasteiger charge is 2.39. The maximum absolute atomic E-state index is 11.9. The van der Waals surface area contributed by atoms with Gasteiger partial charge in [0.05, 0.1) is 12.2 Å². The van der Waals surface area contributed by atoms with Gasteiger partial charge in [-0.25, -0.2) is 9.59 Å². The summed E-state index contributed by atoms with van der Waals surface area (Å²) in [5.74, 6) is 0. The van der Waals surface area contributed by atoms with Gasteiger partial charge in [0.2, 0.25) is 0 Å². The maximum Gasteiger partial charge on any atom is 0.433 e. The molecule has 0 aromatic heterocycles. The molecule has 20 heavy (non-hydrogen) atoms. The molecule has 2 N–H and O–H groups in total. The Bertz CT molecular complexity index is 395. The lowest BCUT2D eigenvalue weighted by Gasteiger charge is -2.38. The molecule has 1 rings (SSSR count). The van der Waals surface area contributed by atoms with Crippen LogP contribution in [0.25, 0.3) is 0 Å². The third-order valence-corrected chi connectivity index (χ3v) is 2.26. The van der Waals surface area contributed by atoms with E-state index in [9.17, 15) is 19.8 Å². The number of aliphatic hydroxyl groups excluding tert-OH is 2. The van der Waals surface area contributed by atoms with Gasteiger partial charge in [0.25, 0.3) is 0 Å². The van der Waals surface area contributed by atoms with Crippen LogP contribution in [-0.4, -0.2) is 57.0 Å². The van der Waals surface area contributed by atoms with Gasteiger partial charge in [0, 0.05) is 6.20 Å². The van der Waals surface area contributed by atoms with E-state index in [4.69, 9.17) is 9.47 Å². The van der Waals surface area contributed by atoms with Crippen LogP contribution in [0.3, 0.4) is 0 Å². The van der Waals surface area contributed by atoms with E-state index >= 15 is 0 Å². The monoisotopic (exact) mass is 288 g/mol. The summed E-state index contributed by atoms with van der Waals surface area (Å²) in [7, 11) is 0. The zero-order valence-electron chi connectivity index (χ0n) is 11.9. The van der Waals surface area contributed by atoms with Gasteiger partial charge in [0.1, 0.15) is 6.10 Å². The van der Waals surface area contributed by atoms with Crippen molar-refractivity contribution in [3.63, 3.8) is 0 Å². The molecular weight excluding hydrogens is 268 g/mol. The molecule has 0 bridgehead atoms. The van der Waals surface area contributed by atoms with Crippen LogP contribution in [0.15, 0.2) is 12.3 Å². The summed E-state index contributed by atoms with van der Waals surface area (Å²) < 4.78 is 9.88. The van der Waals surface area contributed by atoms with Crippen LogP contribution < -0.4 is 0 Å². The molecular formula is C12H20N2O6. The van der Waals surface area contributed by atoms with Crippen molar-refractivity contribution in [3.8, 4) is 0 Å². The minimum absolute atomic E-state index is 0.400. The summed E-state index contributed by atoms with van der Waals surface area (Å²) in [4.78, 5) is 23.8. The number of hydrazine groups is 1. The Labute approximate surface area is 117 Å². The van der Waals surface area contributed by atoms with Gasteiger partial charge >= 0.3 is 12.2 Å². The number of amides is 2. The average molecular weight is 288 g/mol. The van der Waals surface area contributed by atoms with Crippen LogP contribution in [0.4, 0.5) is 9.59 Å². The normalized spacial score (nSPS) is 22.4. The Balaban J connectivity index is 2.96. The molecule has 8 nitrogen and oxygen atoms in total. The molecule has 0 spiro atoms. The molecule has 0 radical (unpaired) electrons. The van der Waals surface area contributed by atoms with Crippen molar-refractivity contribution in [2.75, 3.05) is 0 Å². The lowest BCUT2D eigenvalue weighted by atomic mass is 10.2. The highest BCUT2D eigenvalue weighted by molar-refractivity contribution is 5.75. The fourth-order valence-electron chi connectivity index (χ4n) is 1.47. The molecule has 1 unspecified atom stereocenters. The number of carbonyl (C=O) groups excluding carboxylic acids is 2. The molecule has 1 heterocycles. The number of carbonyl (C=O) groups is 2. The molecule has 2 atom stereocenters. The SMILES string of the molecule is CC(C)OC(=O)N1C=C[C@@H](O)C(O)N1C(=O)OC(C)C. The molecule has 8 heteroatoms. The average Bonchev–Trinajstić information content (AvgIpc) is 2.30. The molecule has 0 aromatic rings. The van der Waals surface area contributed by atoms with Crippen molar-refractivity contribution in [1.82, 2.24) is 10.0 Å². The highest BCUT2D eigenvalue weighted by atomic mass is 16.6. The van der Waals surface area contributed by atoms with Crippen LogP contribution in [0.5, 0.6) is 0 Å². The van der Waals surface area contributed by atoms with Crippen molar-refractivity contribution in [3.05, 3.63) is 12.3 Å². The number of ether oxygens (including phenoxy) is 2. The second-order valence-electron chi connectivity index (χ2n) is 4.80. The van der Waals surface area contributed by atoms with E-state index in [-0.39, 0.29) is 0 Å². The van der Waals surface area contributed by atoms with E-state index in [1.54, 1.807) is 27.7 Å². The predicted octanol–water partition coefficient (Wildman–Crippen LogP) is 0.802. The molecule has 0 saturated carbocycles. The van der Waals surface area contributed by atoms with Gasteiger partial charge in [0.15, 0.2) is 6.23 Å². The first kappa shape index (κ1) is 16.3. The van der Waals surface area contributed by atoms with Crippen LogP contribution in [0.1, 0.15) is 27.7 Å². The topological polar surface area (TPSA) is 99.5 Å². The van der Waals surface area contributed by atoms with Crippen molar-refractivity contribution < 1.29 is 29.3 Å². The fourth-order valence-corrected chi connectivity index (χ4v) is 1.47. The first-order chi connectivity index (χ1) is 9.23. The van der Waals surface area contributed by atoms with Gasteiger partial charge in [-0.1, -0.05) is 0 Å². The van der Waals surface area contributed by atoms with E-state index in [1.165, 1.54) is 6.08 Å². The predicted molar refractivity (Wildman–Crippen MR) is 68.1 cm³/mol. The standard InChI is InChI=1S/C12H20N2O6/c1-7(2)19-11(17)13-6-5-9(15)10(16)14(13)12(18)20-8(3)4/h5-10,15-16H,1-4H3/t9-,10?/m1/s1. The molecule has 114 valence electrons. The Morgan fingerprint density at radius 1 is 1.05 bits per heavy atom. The third-order valence-electron chi connectivity index (χ3n) is 2.26. The summed E-state index contributed by atoms with van der Waals surface area (Å²) in [5, 5.41) is 20.8. The minimum Gasteiger partial charge on any atom is -0.445 e. The Hall–Kier alpha value is -1.80.